The zero-order valence-corrected chi connectivity index (χ0v) is 11.4. The molecule has 0 radical (unpaired) electrons. The largest absolute Gasteiger partial charge is 0.508 e. The molecule has 0 saturated carbocycles. The number of rotatable bonds is 6. The fourth-order valence-electron chi connectivity index (χ4n) is 2.08. The van der Waals surface area contributed by atoms with Gasteiger partial charge in [-0.15, -0.1) is 0 Å². The van der Waals surface area contributed by atoms with E-state index in [0.717, 1.165) is 31.4 Å². The van der Waals surface area contributed by atoms with Gasteiger partial charge < -0.3 is 9.84 Å². The zero-order valence-electron chi connectivity index (χ0n) is 11.4. The Morgan fingerprint density at radius 2 is 1.94 bits per heavy atom. The van der Waals surface area contributed by atoms with Crippen molar-refractivity contribution in [2.24, 2.45) is 5.92 Å². The third kappa shape index (κ3) is 3.95. The topological polar surface area (TPSA) is 29.5 Å². The molecule has 96 valence electrons. The first kappa shape index (κ1) is 13.9. The predicted molar refractivity (Wildman–Crippen MR) is 71.8 cm³/mol. The number of methoxy groups -OCH3 is 1. The lowest BCUT2D eigenvalue weighted by molar-refractivity contribution is 0.399. The number of phenols is 1. The van der Waals surface area contributed by atoms with E-state index in [1.165, 1.54) is 11.1 Å². The number of phenolic OH excluding ortho intramolecular Hbond substituents is 1. The first-order chi connectivity index (χ1) is 8.08. The zero-order chi connectivity index (χ0) is 12.8. The molecule has 17 heavy (non-hydrogen) atoms. The summed E-state index contributed by atoms with van der Waals surface area (Å²) in [6.07, 6.45) is 4.26. The van der Waals surface area contributed by atoms with Gasteiger partial charge >= 0.3 is 0 Å². The van der Waals surface area contributed by atoms with Gasteiger partial charge in [0.25, 0.3) is 0 Å². The van der Waals surface area contributed by atoms with Crippen LogP contribution in [0, 0.1) is 5.92 Å². The molecule has 0 aliphatic carbocycles. The summed E-state index contributed by atoms with van der Waals surface area (Å²) in [6, 6.07) is 3.59. The molecule has 0 aromatic heterocycles. The van der Waals surface area contributed by atoms with Gasteiger partial charge in [0.05, 0.1) is 7.11 Å². The van der Waals surface area contributed by atoms with Crippen molar-refractivity contribution in [3.63, 3.8) is 0 Å². The Labute approximate surface area is 105 Å². The SMILES string of the molecule is CCCc1cc(O)cc(OC)c1CCC(C)C. The van der Waals surface area contributed by atoms with E-state index in [4.69, 9.17) is 4.74 Å². The van der Waals surface area contributed by atoms with Crippen LogP contribution in [-0.2, 0) is 12.8 Å². The lowest BCUT2D eigenvalue weighted by atomic mass is 9.95. The lowest BCUT2D eigenvalue weighted by Gasteiger charge is -2.15. The van der Waals surface area contributed by atoms with Crippen LogP contribution in [0.5, 0.6) is 11.5 Å². The van der Waals surface area contributed by atoms with E-state index in [1.54, 1.807) is 13.2 Å². The van der Waals surface area contributed by atoms with E-state index in [2.05, 4.69) is 20.8 Å². The molecule has 0 bridgehead atoms. The highest BCUT2D eigenvalue weighted by Crippen LogP contribution is 2.30. The minimum Gasteiger partial charge on any atom is -0.508 e. The normalized spacial score (nSPS) is 10.9. The number of aryl methyl sites for hydroxylation is 1. The maximum atomic E-state index is 9.67. The minimum absolute atomic E-state index is 0.304. The van der Waals surface area contributed by atoms with Gasteiger partial charge in [0, 0.05) is 6.07 Å². The maximum absolute atomic E-state index is 9.67. The molecule has 0 atom stereocenters. The van der Waals surface area contributed by atoms with Crippen LogP contribution in [0.1, 0.15) is 44.7 Å². The summed E-state index contributed by atoms with van der Waals surface area (Å²) < 4.78 is 5.39. The molecule has 1 aromatic carbocycles. The van der Waals surface area contributed by atoms with Gasteiger partial charge in [-0.1, -0.05) is 27.2 Å². The predicted octanol–water partition coefficient (Wildman–Crippen LogP) is 3.94. The fourth-order valence-corrected chi connectivity index (χ4v) is 2.08. The third-order valence-corrected chi connectivity index (χ3v) is 3.00. The average molecular weight is 236 g/mol. The smallest absolute Gasteiger partial charge is 0.126 e. The summed E-state index contributed by atoms with van der Waals surface area (Å²) in [6.45, 7) is 6.61. The second-order valence-corrected chi connectivity index (χ2v) is 4.97. The van der Waals surface area contributed by atoms with E-state index < -0.39 is 0 Å². The molecule has 0 fully saturated rings. The number of hydrogen-bond donors (Lipinski definition) is 1. The van der Waals surface area contributed by atoms with E-state index in [1.807, 2.05) is 6.07 Å². The van der Waals surface area contributed by atoms with Gasteiger partial charge in [0.15, 0.2) is 0 Å². The van der Waals surface area contributed by atoms with Crippen LogP contribution in [0.3, 0.4) is 0 Å². The lowest BCUT2D eigenvalue weighted by Crippen LogP contribution is -2.01. The quantitative estimate of drug-likeness (QED) is 0.810. The van der Waals surface area contributed by atoms with Crippen LogP contribution >= 0.6 is 0 Å². The van der Waals surface area contributed by atoms with Gasteiger partial charge in [0.1, 0.15) is 11.5 Å². The highest BCUT2D eigenvalue weighted by atomic mass is 16.5. The summed E-state index contributed by atoms with van der Waals surface area (Å²) in [7, 11) is 1.67. The Bertz CT molecular complexity index is 356. The molecule has 1 N–H and O–H groups in total. The fraction of sp³-hybridized carbons (Fsp3) is 0.600. The first-order valence-corrected chi connectivity index (χ1v) is 6.47. The molecular weight excluding hydrogens is 212 g/mol. The standard InChI is InChI=1S/C15H24O2/c1-5-6-12-9-13(16)10-15(17-4)14(12)8-7-11(2)3/h9-11,16H,5-8H2,1-4H3. The Balaban J connectivity index is 3.03. The molecule has 0 aliphatic heterocycles. The van der Waals surface area contributed by atoms with E-state index >= 15 is 0 Å². The van der Waals surface area contributed by atoms with Crippen molar-refractivity contribution in [3.8, 4) is 11.5 Å². The van der Waals surface area contributed by atoms with Crippen molar-refractivity contribution in [2.75, 3.05) is 7.11 Å². The van der Waals surface area contributed by atoms with Crippen molar-refractivity contribution in [2.45, 2.75) is 46.5 Å². The molecule has 0 spiro atoms. The molecule has 0 unspecified atom stereocenters. The van der Waals surface area contributed by atoms with Crippen LogP contribution in [-0.4, -0.2) is 12.2 Å². The summed E-state index contributed by atoms with van der Waals surface area (Å²) in [5.41, 5.74) is 2.49. The van der Waals surface area contributed by atoms with Crippen molar-refractivity contribution in [1.29, 1.82) is 0 Å². The molecule has 0 aliphatic rings. The van der Waals surface area contributed by atoms with E-state index in [9.17, 15) is 5.11 Å². The molecule has 0 saturated heterocycles. The van der Waals surface area contributed by atoms with E-state index in [0.29, 0.717) is 11.7 Å². The number of ether oxygens (including phenoxy) is 1. The molecule has 1 aromatic rings. The second kappa shape index (κ2) is 6.53. The highest BCUT2D eigenvalue weighted by molar-refractivity contribution is 5.46. The number of benzene rings is 1. The summed E-state index contributed by atoms with van der Waals surface area (Å²) in [5.74, 6) is 1.82. The van der Waals surface area contributed by atoms with Crippen molar-refractivity contribution < 1.29 is 9.84 Å². The van der Waals surface area contributed by atoms with Crippen molar-refractivity contribution >= 4 is 0 Å². The molecule has 0 heterocycles. The molecular formula is C15H24O2. The number of aromatic hydroxyl groups is 1. The Kier molecular flexibility index (Phi) is 5.33. The maximum Gasteiger partial charge on any atom is 0.126 e. The van der Waals surface area contributed by atoms with Crippen molar-refractivity contribution in [1.82, 2.24) is 0 Å². The van der Waals surface area contributed by atoms with E-state index in [-0.39, 0.29) is 0 Å². The van der Waals surface area contributed by atoms with Crippen LogP contribution < -0.4 is 4.74 Å². The van der Waals surface area contributed by atoms with Gasteiger partial charge in [0.2, 0.25) is 0 Å². The average Bonchev–Trinajstić information content (AvgIpc) is 2.27. The molecule has 1 rings (SSSR count). The first-order valence-electron chi connectivity index (χ1n) is 6.47. The summed E-state index contributed by atoms with van der Waals surface area (Å²) in [5, 5.41) is 9.67. The second-order valence-electron chi connectivity index (χ2n) is 4.97. The molecule has 0 amide bonds. The van der Waals surface area contributed by atoms with Crippen LogP contribution in [0.4, 0.5) is 0 Å². The van der Waals surface area contributed by atoms with Crippen molar-refractivity contribution in [3.05, 3.63) is 23.3 Å². The molecule has 2 heteroatoms. The number of hydrogen-bond acceptors (Lipinski definition) is 2. The van der Waals surface area contributed by atoms with Gasteiger partial charge in [-0.25, -0.2) is 0 Å². The van der Waals surface area contributed by atoms with Gasteiger partial charge in [-0.3, -0.25) is 0 Å². The highest BCUT2D eigenvalue weighted by Gasteiger charge is 2.11. The van der Waals surface area contributed by atoms with Crippen LogP contribution in [0.2, 0.25) is 0 Å². The van der Waals surface area contributed by atoms with Gasteiger partial charge in [-0.05, 0) is 42.4 Å². The molecule has 2 nitrogen and oxygen atoms in total. The Morgan fingerprint density at radius 3 is 2.47 bits per heavy atom. The summed E-state index contributed by atoms with van der Waals surface area (Å²) >= 11 is 0. The monoisotopic (exact) mass is 236 g/mol. The Morgan fingerprint density at radius 1 is 1.24 bits per heavy atom. The van der Waals surface area contributed by atoms with Gasteiger partial charge in [-0.2, -0.15) is 0 Å². The van der Waals surface area contributed by atoms with Crippen LogP contribution in [0.15, 0.2) is 12.1 Å². The Hall–Kier alpha value is -1.18. The summed E-state index contributed by atoms with van der Waals surface area (Å²) in [4.78, 5) is 0. The van der Waals surface area contributed by atoms with Crippen LogP contribution in [0.25, 0.3) is 0 Å². The minimum atomic E-state index is 0.304. The third-order valence-electron chi connectivity index (χ3n) is 3.00.